The molecule has 0 aliphatic rings. The fraction of sp³-hybridized carbons (Fsp3) is 0.462. The minimum absolute atomic E-state index is 0.0166. The molecule has 3 nitrogen and oxygen atoms in total. The number of hydrogen-bond donors (Lipinski definition) is 2. The molecule has 1 aromatic carbocycles. The average molecular weight is 289 g/mol. The van der Waals surface area contributed by atoms with Crippen molar-refractivity contribution in [1.29, 1.82) is 0 Å². The number of aliphatic hydroxyl groups is 1. The van der Waals surface area contributed by atoms with Crippen LogP contribution in [0.3, 0.4) is 0 Å². The van der Waals surface area contributed by atoms with Gasteiger partial charge in [-0.15, -0.1) is 0 Å². The van der Waals surface area contributed by atoms with Crippen LogP contribution in [0.4, 0.5) is 8.78 Å². The van der Waals surface area contributed by atoms with Gasteiger partial charge < -0.3 is 10.4 Å². The van der Waals surface area contributed by atoms with Crippen LogP contribution in [-0.4, -0.2) is 29.4 Å². The maximum Gasteiger partial charge on any atom is 0.288 e. The van der Waals surface area contributed by atoms with E-state index in [1.54, 1.807) is 0 Å². The normalized spacial score (nSPS) is 12.5. The highest BCUT2D eigenvalue weighted by atomic mass is 32.2. The topological polar surface area (TPSA) is 49.3 Å². The predicted molar refractivity (Wildman–Crippen MR) is 71.6 cm³/mol. The first kappa shape index (κ1) is 15.9. The Morgan fingerprint density at radius 1 is 1.37 bits per heavy atom. The van der Waals surface area contributed by atoms with Crippen LogP contribution in [0.25, 0.3) is 0 Å². The molecule has 1 aromatic rings. The van der Waals surface area contributed by atoms with E-state index in [9.17, 15) is 13.6 Å². The van der Waals surface area contributed by atoms with Crippen LogP contribution in [0, 0.1) is 0 Å². The first-order valence-electron chi connectivity index (χ1n) is 6.03. The number of hydrogen-bond acceptors (Lipinski definition) is 3. The third-order valence-corrected chi connectivity index (χ3v) is 3.37. The summed E-state index contributed by atoms with van der Waals surface area (Å²) >= 11 is 0.447. The van der Waals surface area contributed by atoms with Gasteiger partial charge in [0, 0.05) is 23.1 Å². The Kier molecular flexibility index (Phi) is 6.80. The highest BCUT2D eigenvalue weighted by molar-refractivity contribution is 7.99. The van der Waals surface area contributed by atoms with Crippen molar-refractivity contribution in [1.82, 2.24) is 5.32 Å². The summed E-state index contributed by atoms with van der Waals surface area (Å²) in [6.07, 6.45) is 1.23. The van der Waals surface area contributed by atoms with Crippen molar-refractivity contribution in [3.8, 4) is 0 Å². The summed E-state index contributed by atoms with van der Waals surface area (Å²) in [6.45, 7) is 1.94. The van der Waals surface area contributed by atoms with Gasteiger partial charge >= 0.3 is 0 Å². The molecule has 0 spiro atoms. The lowest BCUT2D eigenvalue weighted by Crippen LogP contribution is -2.35. The number of aliphatic hydroxyl groups excluding tert-OH is 1. The minimum atomic E-state index is -2.46. The van der Waals surface area contributed by atoms with Gasteiger partial charge in [0.25, 0.3) is 11.7 Å². The van der Waals surface area contributed by atoms with Gasteiger partial charge in [0.05, 0.1) is 0 Å². The van der Waals surface area contributed by atoms with E-state index in [0.717, 1.165) is 6.42 Å². The summed E-state index contributed by atoms with van der Waals surface area (Å²) in [5, 5.41) is 11.6. The molecule has 6 heteroatoms. The van der Waals surface area contributed by atoms with Crippen molar-refractivity contribution < 1.29 is 18.7 Å². The van der Waals surface area contributed by atoms with Crippen LogP contribution in [0.1, 0.15) is 30.1 Å². The van der Waals surface area contributed by atoms with Crippen molar-refractivity contribution in [2.45, 2.75) is 36.5 Å². The number of carbonyl (C=O) groups excluding carboxylic acids is 1. The van der Waals surface area contributed by atoms with Gasteiger partial charge in [0.15, 0.2) is 0 Å². The van der Waals surface area contributed by atoms with E-state index in [0.29, 0.717) is 28.6 Å². The predicted octanol–water partition coefficient (Wildman–Crippen LogP) is 2.89. The largest absolute Gasteiger partial charge is 0.396 e. The zero-order chi connectivity index (χ0) is 14.3. The summed E-state index contributed by atoms with van der Waals surface area (Å²) < 4.78 is 24.3. The van der Waals surface area contributed by atoms with E-state index in [1.165, 1.54) is 24.3 Å². The van der Waals surface area contributed by atoms with Gasteiger partial charge in [-0.2, -0.15) is 8.78 Å². The van der Waals surface area contributed by atoms with Gasteiger partial charge in [-0.3, -0.25) is 4.79 Å². The Balaban J connectivity index is 2.62. The van der Waals surface area contributed by atoms with Crippen molar-refractivity contribution in [3.63, 3.8) is 0 Å². The smallest absolute Gasteiger partial charge is 0.288 e. The van der Waals surface area contributed by atoms with Crippen LogP contribution in [-0.2, 0) is 0 Å². The van der Waals surface area contributed by atoms with E-state index in [1.807, 2.05) is 6.92 Å². The first-order valence-corrected chi connectivity index (χ1v) is 6.91. The van der Waals surface area contributed by atoms with Crippen molar-refractivity contribution >= 4 is 17.7 Å². The van der Waals surface area contributed by atoms with Crippen LogP contribution in [0.2, 0.25) is 0 Å². The molecule has 0 aromatic heterocycles. The van der Waals surface area contributed by atoms with Crippen LogP contribution in [0.5, 0.6) is 0 Å². The van der Waals surface area contributed by atoms with E-state index >= 15 is 0 Å². The molecular weight excluding hydrogens is 272 g/mol. The number of alkyl halides is 2. The molecule has 0 heterocycles. The molecule has 19 heavy (non-hydrogen) atoms. The molecule has 1 rings (SSSR count). The van der Waals surface area contributed by atoms with Crippen LogP contribution < -0.4 is 5.32 Å². The highest BCUT2D eigenvalue weighted by Crippen LogP contribution is 2.25. The molecule has 0 aliphatic heterocycles. The van der Waals surface area contributed by atoms with Crippen molar-refractivity contribution in [2.75, 3.05) is 6.61 Å². The molecule has 0 bridgehead atoms. The number of carbonyl (C=O) groups is 1. The third kappa shape index (κ3) is 5.57. The van der Waals surface area contributed by atoms with Gasteiger partial charge in [0.1, 0.15) is 0 Å². The van der Waals surface area contributed by atoms with E-state index < -0.39 is 5.76 Å². The van der Waals surface area contributed by atoms with Crippen LogP contribution >= 0.6 is 11.8 Å². The molecule has 0 saturated carbocycles. The lowest BCUT2D eigenvalue weighted by atomic mass is 10.1. The second kappa shape index (κ2) is 8.12. The maximum atomic E-state index is 12.1. The van der Waals surface area contributed by atoms with E-state index in [2.05, 4.69) is 5.32 Å². The van der Waals surface area contributed by atoms with Gasteiger partial charge in [-0.05, 0) is 37.1 Å². The Labute approximate surface area is 115 Å². The first-order chi connectivity index (χ1) is 9.06. The quantitative estimate of drug-likeness (QED) is 0.759. The SMILES string of the molecule is CCC(CCO)NC(=O)c1ccc(SC(F)F)cc1. The number of benzene rings is 1. The molecule has 0 radical (unpaired) electrons. The molecular formula is C13H17F2NO2S. The zero-order valence-electron chi connectivity index (χ0n) is 10.6. The maximum absolute atomic E-state index is 12.1. The van der Waals surface area contributed by atoms with Crippen LogP contribution in [0.15, 0.2) is 29.2 Å². The summed E-state index contributed by atoms with van der Waals surface area (Å²) in [5.74, 6) is -2.72. The number of rotatable bonds is 7. The summed E-state index contributed by atoms with van der Waals surface area (Å²) in [6, 6.07) is 5.96. The Hall–Kier alpha value is -1.14. The lowest BCUT2D eigenvalue weighted by molar-refractivity contribution is 0.0929. The molecule has 1 atom stereocenters. The average Bonchev–Trinajstić information content (AvgIpc) is 2.38. The molecule has 0 saturated heterocycles. The lowest BCUT2D eigenvalue weighted by Gasteiger charge is -2.15. The van der Waals surface area contributed by atoms with Crippen molar-refractivity contribution in [2.24, 2.45) is 0 Å². The van der Waals surface area contributed by atoms with Gasteiger partial charge in [-0.1, -0.05) is 18.7 Å². The second-order valence-electron chi connectivity index (χ2n) is 3.99. The Morgan fingerprint density at radius 3 is 2.47 bits per heavy atom. The highest BCUT2D eigenvalue weighted by Gasteiger charge is 2.12. The van der Waals surface area contributed by atoms with E-state index in [-0.39, 0.29) is 18.6 Å². The Bertz CT molecular complexity index is 398. The molecule has 0 fully saturated rings. The summed E-state index contributed by atoms with van der Waals surface area (Å²) in [5.41, 5.74) is 0.426. The fourth-order valence-electron chi connectivity index (χ4n) is 1.59. The molecule has 1 unspecified atom stereocenters. The number of amides is 1. The number of halogens is 2. The van der Waals surface area contributed by atoms with Gasteiger partial charge in [0.2, 0.25) is 0 Å². The summed E-state index contributed by atoms with van der Waals surface area (Å²) in [7, 11) is 0. The molecule has 1 amide bonds. The van der Waals surface area contributed by atoms with E-state index in [4.69, 9.17) is 5.11 Å². The minimum Gasteiger partial charge on any atom is -0.396 e. The third-order valence-electron chi connectivity index (χ3n) is 2.65. The molecule has 0 aliphatic carbocycles. The zero-order valence-corrected chi connectivity index (χ0v) is 11.4. The monoisotopic (exact) mass is 289 g/mol. The Morgan fingerprint density at radius 2 is 2.00 bits per heavy atom. The molecule has 106 valence electrons. The summed E-state index contributed by atoms with van der Waals surface area (Å²) in [4.78, 5) is 12.3. The number of nitrogens with one attached hydrogen (secondary N) is 1. The second-order valence-corrected chi connectivity index (χ2v) is 5.06. The van der Waals surface area contributed by atoms with Gasteiger partial charge in [-0.25, -0.2) is 0 Å². The fourth-order valence-corrected chi connectivity index (χ4v) is 2.09. The standard InChI is InChI=1S/C13H17F2NO2S/c1-2-10(7-8-17)16-12(18)9-3-5-11(6-4-9)19-13(14)15/h3-6,10,13,17H,2,7-8H2,1H3,(H,16,18). The number of thioether (sulfide) groups is 1. The molecule has 2 N–H and O–H groups in total. The van der Waals surface area contributed by atoms with Crippen molar-refractivity contribution in [3.05, 3.63) is 29.8 Å².